The first-order valence-electron chi connectivity index (χ1n) is 6.11. The fraction of sp³-hybridized carbons (Fsp3) is 0.636. The van der Waals surface area contributed by atoms with E-state index in [0.29, 0.717) is 24.5 Å². The van der Waals surface area contributed by atoms with Crippen molar-refractivity contribution in [1.29, 1.82) is 0 Å². The number of hydrogen-bond donors (Lipinski definition) is 3. The standard InChI is InChI=1S/C11H19N5O2/c1-2-16-3-4-18-8(7-16)5-13-11(17)10-9(12)6-14-15-10/h6,8H,2-5,7,12H2,1H3,(H,13,17)(H,14,15). The van der Waals surface area contributed by atoms with Crippen molar-refractivity contribution in [2.45, 2.75) is 13.0 Å². The summed E-state index contributed by atoms with van der Waals surface area (Å²) in [6, 6.07) is 0. The zero-order chi connectivity index (χ0) is 13.0. The third-order valence-electron chi connectivity index (χ3n) is 3.06. The number of nitrogens with two attached hydrogens (primary N) is 1. The number of nitrogens with zero attached hydrogens (tertiary/aromatic N) is 2. The van der Waals surface area contributed by atoms with Crippen molar-refractivity contribution < 1.29 is 9.53 Å². The van der Waals surface area contributed by atoms with Crippen LogP contribution in [-0.4, -0.2) is 59.9 Å². The predicted octanol–water partition coefficient (Wildman–Crippen LogP) is -0.558. The molecule has 1 aromatic heterocycles. The van der Waals surface area contributed by atoms with Gasteiger partial charge in [-0.25, -0.2) is 0 Å². The largest absolute Gasteiger partial charge is 0.396 e. The van der Waals surface area contributed by atoms with Crippen LogP contribution in [0.2, 0.25) is 0 Å². The molecule has 1 amide bonds. The van der Waals surface area contributed by atoms with Gasteiger partial charge in [0.25, 0.3) is 5.91 Å². The lowest BCUT2D eigenvalue weighted by molar-refractivity contribution is -0.0246. The Bertz CT molecular complexity index is 406. The Morgan fingerprint density at radius 3 is 3.28 bits per heavy atom. The highest BCUT2D eigenvalue weighted by molar-refractivity contribution is 5.96. The van der Waals surface area contributed by atoms with E-state index in [-0.39, 0.29) is 12.0 Å². The lowest BCUT2D eigenvalue weighted by Gasteiger charge is -2.32. The fourth-order valence-corrected chi connectivity index (χ4v) is 1.96. The molecule has 1 aliphatic heterocycles. The minimum atomic E-state index is -0.248. The molecule has 1 unspecified atom stereocenters. The van der Waals surface area contributed by atoms with Crippen LogP contribution in [0.25, 0.3) is 0 Å². The van der Waals surface area contributed by atoms with E-state index in [0.717, 1.165) is 19.6 Å². The number of aromatic nitrogens is 2. The Balaban J connectivity index is 1.81. The Morgan fingerprint density at radius 2 is 2.61 bits per heavy atom. The number of rotatable bonds is 4. The molecule has 0 radical (unpaired) electrons. The summed E-state index contributed by atoms with van der Waals surface area (Å²) < 4.78 is 5.59. The summed E-state index contributed by atoms with van der Waals surface area (Å²) in [5.41, 5.74) is 6.26. The van der Waals surface area contributed by atoms with E-state index in [1.165, 1.54) is 6.20 Å². The average Bonchev–Trinajstić information content (AvgIpc) is 2.82. The van der Waals surface area contributed by atoms with E-state index in [9.17, 15) is 4.79 Å². The van der Waals surface area contributed by atoms with Gasteiger partial charge in [-0.2, -0.15) is 5.10 Å². The number of morpholine rings is 1. The number of anilines is 1. The Labute approximate surface area is 106 Å². The molecule has 1 saturated heterocycles. The molecule has 2 heterocycles. The molecule has 4 N–H and O–H groups in total. The number of aromatic amines is 1. The first kappa shape index (κ1) is 12.8. The number of amides is 1. The zero-order valence-corrected chi connectivity index (χ0v) is 10.5. The lowest BCUT2D eigenvalue weighted by atomic mass is 10.2. The smallest absolute Gasteiger partial charge is 0.271 e. The van der Waals surface area contributed by atoms with Gasteiger partial charge in [0.15, 0.2) is 0 Å². The summed E-state index contributed by atoms with van der Waals surface area (Å²) in [6.07, 6.45) is 1.46. The average molecular weight is 253 g/mol. The molecule has 0 spiro atoms. The number of ether oxygens (including phenoxy) is 1. The summed E-state index contributed by atoms with van der Waals surface area (Å²) in [6.45, 7) is 6.10. The molecule has 7 nitrogen and oxygen atoms in total. The van der Waals surface area contributed by atoms with Crippen molar-refractivity contribution in [2.24, 2.45) is 0 Å². The molecule has 0 bridgehead atoms. The van der Waals surface area contributed by atoms with Crippen LogP contribution in [-0.2, 0) is 4.74 Å². The number of carbonyl (C=O) groups is 1. The Hall–Kier alpha value is -1.60. The van der Waals surface area contributed by atoms with Crippen LogP contribution in [0.1, 0.15) is 17.4 Å². The summed E-state index contributed by atoms with van der Waals surface area (Å²) in [5.74, 6) is -0.248. The molecular weight excluding hydrogens is 234 g/mol. The van der Waals surface area contributed by atoms with E-state index in [2.05, 4.69) is 27.3 Å². The van der Waals surface area contributed by atoms with Gasteiger partial charge < -0.3 is 15.8 Å². The summed E-state index contributed by atoms with van der Waals surface area (Å²) in [4.78, 5) is 14.1. The maximum Gasteiger partial charge on any atom is 0.271 e. The van der Waals surface area contributed by atoms with Gasteiger partial charge in [0.05, 0.1) is 24.6 Å². The maximum atomic E-state index is 11.8. The Morgan fingerprint density at radius 1 is 1.78 bits per heavy atom. The predicted molar refractivity (Wildman–Crippen MR) is 67.2 cm³/mol. The number of hydrogen-bond acceptors (Lipinski definition) is 5. The molecule has 18 heavy (non-hydrogen) atoms. The highest BCUT2D eigenvalue weighted by Crippen LogP contribution is 2.07. The summed E-state index contributed by atoms with van der Waals surface area (Å²) in [5, 5.41) is 9.09. The highest BCUT2D eigenvalue weighted by Gasteiger charge is 2.20. The van der Waals surface area contributed by atoms with E-state index < -0.39 is 0 Å². The van der Waals surface area contributed by atoms with Crippen LogP contribution in [0.4, 0.5) is 5.69 Å². The number of carbonyl (C=O) groups excluding carboxylic acids is 1. The quantitative estimate of drug-likeness (QED) is 0.668. The lowest BCUT2D eigenvalue weighted by Crippen LogP contribution is -2.47. The molecule has 1 fully saturated rings. The van der Waals surface area contributed by atoms with Crippen LogP contribution in [0.15, 0.2) is 6.20 Å². The van der Waals surface area contributed by atoms with Gasteiger partial charge in [-0.05, 0) is 6.54 Å². The highest BCUT2D eigenvalue weighted by atomic mass is 16.5. The van der Waals surface area contributed by atoms with Crippen molar-refractivity contribution in [3.8, 4) is 0 Å². The van der Waals surface area contributed by atoms with Crippen molar-refractivity contribution in [3.05, 3.63) is 11.9 Å². The van der Waals surface area contributed by atoms with Crippen molar-refractivity contribution in [3.63, 3.8) is 0 Å². The molecular formula is C11H19N5O2. The van der Waals surface area contributed by atoms with Crippen LogP contribution >= 0.6 is 0 Å². The minimum Gasteiger partial charge on any atom is -0.396 e. The number of H-pyrrole nitrogens is 1. The maximum absolute atomic E-state index is 11.8. The van der Waals surface area contributed by atoms with E-state index in [1.807, 2.05) is 0 Å². The second-order valence-corrected chi connectivity index (χ2v) is 4.30. The normalized spacial score (nSPS) is 20.8. The van der Waals surface area contributed by atoms with Gasteiger partial charge in [-0.1, -0.05) is 6.92 Å². The molecule has 2 rings (SSSR count). The molecule has 100 valence electrons. The van der Waals surface area contributed by atoms with Crippen molar-refractivity contribution in [2.75, 3.05) is 38.5 Å². The first-order chi connectivity index (χ1) is 8.70. The summed E-state index contributed by atoms with van der Waals surface area (Å²) in [7, 11) is 0. The van der Waals surface area contributed by atoms with Gasteiger partial charge in [-0.15, -0.1) is 0 Å². The van der Waals surface area contributed by atoms with Crippen LogP contribution in [0.5, 0.6) is 0 Å². The van der Waals surface area contributed by atoms with E-state index in [1.54, 1.807) is 0 Å². The molecule has 1 aliphatic rings. The van der Waals surface area contributed by atoms with Crippen molar-refractivity contribution in [1.82, 2.24) is 20.4 Å². The van der Waals surface area contributed by atoms with Gasteiger partial charge in [0, 0.05) is 19.6 Å². The van der Waals surface area contributed by atoms with Crippen LogP contribution in [0, 0.1) is 0 Å². The van der Waals surface area contributed by atoms with Crippen molar-refractivity contribution >= 4 is 11.6 Å². The SMILES string of the molecule is CCN1CCOC(CNC(=O)c2[nH]ncc2N)C1. The fourth-order valence-electron chi connectivity index (χ4n) is 1.96. The van der Waals surface area contributed by atoms with Gasteiger partial charge in [0.1, 0.15) is 5.69 Å². The molecule has 1 aromatic rings. The monoisotopic (exact) mass is 253 g/mol. The molecule has 0 aliphatic carbocycles. The minimum absolute atomic E-state index is 0.0341. The second kappa shape index (κ2) is 5.83. The molecule has 0 saturated carbocycles. The third-order valence-corrected chi connectivity index (χ3v) is 3.06. The van der Waals surface area contributed by atoms with E-state index in [4.69, 9.17) is 10.5 Å². The second-order valence-electron chi connectivity index (χ2n) is 4.30. The molecule has 7 heteroatoms. The van der Waals surface area contributed by atoms with Gasteiger partial charge in [0.2, 0.25) is 0 Å². The van der Waals surface area contributed by atoms with Crippen LogP contribution < -0.4 is 11.1 Å². The first-order valence-corrected chi connectivity index (χ1v) is 6.11. The van der Waals surface area contributed by atoms with Gasteiger partial charge in [-0.3, -0.25) is 14.8 Å². The third kappa shape index (κ3) is 2.99. The number of likely N-dealkylation sites (N-methyl/N-ethyl adjacent to an activating group) is 1. The number of nitrogen functional groups attached to an aromatic ring is 1. The number of nitrogens with one attached hydrogen (secondary N) is 2. The Kier molecular flexibility index (Phi) is 4.16. The van der Waals surface area contributed by atoms with Crippen LogP contribution in [0.3, 0.4) is 0 Å². The zero-order valence-electron chi connectivity index (χ0n) is 10.5. The summed E-state index contributed by atoms with van der Waals surface area (Å²) >= 11 is 0. The van der Waals surface area contributed by atoms with Gasteiger partial charge >= 0.3 is 0 Å². The molecule has 1 atom stereocenters. The topological polar surface area (TPSA) is 96.3 Å². The van der Waals surface area contributed by atoms with E-state index >= 15 is 0 Å². The molecule has 0 aromatic carbocycles.